The van der Waals surface area contributed by atoms with E-state index in [-0.39, 0.29) is 23.4 Å². The van der Waals surface area contributed by atoms with Crippen molar-refractivity contribution >= 4 is 17.1 Å². The van der Waals surface area contributed by atoms with Crippen LogP contribution in [0.4, 0.5) is 10.1 Å². The summed E-state index contributed by atoms with van der Waals surface area (Å²) in [7, 11) is 0. The Kier molecular flexibility index (Phi) is 6.23. The Morgan fingerprint density at radius 2 is 1.80 bits per heavy atom. The van der Waals surface area contributed by atoms with Gasteiger partial charge in [-0.05, 0) is 29.8 Å². The molecule has 0 atom stereocenters. The van der Waals surface area contributed by atoms with Gasteiger partial charge < -0.3 is 15.4 Å². The van der Waals surface area contributed by atoms with Gasteiger partial charge in [-0.15, -0.1) is 0 Å². The Bertz CT molecular complexity index is 1340. The van der Waals surface area contributed by atoms with Crippen LogP contribution in [0.15, 0.2) is 77.6 Å². The van der Waals surface area contributed by atoms with Crippen molar-refractivity contribution in [2.24, 2.45) is 11.6 Å². The van der Waals surface area contributed by atoms with Gasteiger partial charge in [-0.1, -0.05) is 41.6 Å². The molecule has 0 unspecified atom stereocenters. The molecule has 0 spiro atoms. The molecule has 0 aliphatic carbocycles. The van der Waals surface area contributed by atoms with E-state index in [1.54, 1.807) is 42.7 Å². The molecule has 9 nitrogen and oxygen atoms in total. The van der Waals surface area contributed by atoms with Crippen molar-refractivity contribution in [1.82, 2.24) is 20.0 Å². The van der Waals surface area contributed by atoms with Crippen molar-refractivity contribution in [1.29, 1.82) is 0 Å². The number of aliphatic hydroxyl groups is 1. The first kappa shape index (κ1) is 22.7. The number of rotatable bonds is 7. The van der Waals surface area contributed by atoms with Crippen molar-refractivity contribution in [3.63, 3.8) is 0 Å². The number of nitrogens with zero attached hydrogens (tertiary/aromatic N) is 5. The number of aromatic nitrogens is 3. The standard InChI is InChI=1S/C25H24FN7O2/c26-20-3-1-2-4-21(20)33(28)23(17-9-11-29-12-10-17)22(27)25-30-24(31-35-25)18-7-5-16(6-8-18)13-32-14-19(34)15-32/h1-12,19,34H,13-15,27-28H2/b23-22-. The number of hydrogen-bond acceptors (Lipinski definition) is 9. The normalized spacial score (nSPS) is 14.9. The lowest BCUT2D eigenvalue weighted by Gasteiger charge is -2.35. The lowest BCUT2D eigenvalue weighted by molar-refractivity contribution is -0.00286. The molecule has 3 heterocycles. The molecule has 2 aromatic heterocycles. The second-order valence-electron chi connectivity index (χ2n) is 8.29. The van der Waals surface area contributed by atoms with Gasteiger partial charge in [0.1, 0.15) is 11.5 Å². The predicted molar refractivity (Wildman–Crippen MR) is 129 cm³/mol. The molecule has 5 rings (SSSR count). The first-order valence-electron chi connectivity index (χ1n) is 11.0. The molecule has 10 heteroatoms. The van der Waals surface area contributed by atoms with Crippen LogP contribution in [-0.2, 0) is 6.54 Å². The fraction of sp³-hybridized carbons (Fsp3) is 0.160. The molecule has 1 aliphatic rings. The summed E-state index contributed by atoms with van der Waals surface area (Å²) in [6.45, 7) is 2.14. The quantitative estimate of drug-likeness (QED) is 0.274. The maximum Gasteiger partial charge on any atom is 0.276 e. The van der Waals surface area contributed by atoms with Crippen LogP contribution in [0, 0.1) is 5.82 Å². The molecule has 4 aromatic rings. The number of hydrazine groups is 1. The van der Waals surface area contributed by atoms with Gasteiger partial charge in [-0.2, -0.15) is 4.98 Å². The fourth-order valence-corrected chi connectivity index (χ4v) is 3.94. The molecule has 1 aliphatic heterocycles. The first-order chi connectivity index (χ1) is 17.0. The molecule has 0 amide bonds. The number of β-amino-alcohol motifs (C(OH)–C–C–N with tert-alkyl or cyclic N) is 1. The molecule has 35 heavy (non-hydrogen) atoms. The molecule has 178 valence electrons. The number of aliphatic hydroxyl groups excluding tert-OH is 1. The van der Waals surface area contributed by atoms with E-state index < -0.39 is 5.82 Å². The van der Waals surface area contributed by atoms with Gasteiger partial charge >= 0.3 is 0 Å². The maximum absolute atomic E-state index is 14.5. The van der Waals surface area contributed by atoms with Crippen molar-refractivity contribution in [3.8, 4) is 11.4 Å². The summed E-state index contributed by atoms with van der Waals surface area (Å²) in [4.78, 5) is 10.6. The van der Waals surface area contributed by atoms with E-state index in [9.17, 15) is 9.50 Å². The summed E-state index contributed by atoms with van der Waals surface area (Å²) in [5.41, 5.74) is 9.44. The number of pyridine rings is 1. The number of anilines is 1. The third-order valence-corrected chi connectivity index (χ3v) is 5.77. The van der Waals surface area contributed by atoms with Gasteiger partial charge in [0.15, 0.2) is 0 Å². The highest BCUT2D eigenvalue weighted by Gasteiger charge is 2.24. The summed E-state index contributed by atoms with van der Waals surface area (Å²) in [5, 5.41) is 14.7. The minimum absolute atomic E-state index is 0.0530. The number of benzene rings is 2. The van der Waals surface area contributed by atoms with Crippen LogP contribution in [0.1, 0.15) is 17.0 Å². The zero-order chi connectivity index (χ0) is 24.4. The van der Waals surface area contributed by atoms with Crippen molar-refractivity contribution in [2.75, 3.05) is 18.1 Å². The topological polar surface area (TPSA) is 131 Å². The summed E-state index contributed by atoms with van der Waals surface area (Å²) >= 11 is 0. The number of para-hydroxylation sites is 1. The number of hydrogen-bond donors (Lipinski definition) is 3. The van der Waals surface area contributed by atoms with Crippen LogP contribution in [0.2, 0.25) is 0 Å². The Morgan fingerprint density at radius 3 is 2.49 bits per heavy atom. The monoisotopic (exact) mass is 473 g/mol. The zero-order valence-corrected chi connectivity index (χ0v) is 18.8. The highest BCUT2D eigenvalue weighted by atomic mass is 19.1. The molecule has 1 saturated heterocycles. The van der Waals surface area contributed by atoms with E-state index in [2.05, 4.69) is 20.0 Å². The van der Waals surface area contributed by atoms with Crippen LogP contribution in [0.25, 0.3) is 22.8 Å². The zero-order valence-electron chi connectivity index (χ0n) is 18.8. The number of halogens is 1. The first-order valence-corrected chi connectivity index (χ1v) is 11.0. The molecule has 2 aromatic carbocycles. The third kappa shape index (κ3) is 4.76. The highest BCUT2D eigenvalue weighted by Crippen LogP contribution is 2.30. The van der Waals surface area contributed by atoms with Crippen LogP contribution in [0.5, 0.6) is 0 Å². The average Bonchev–Trinajstić information content (AvgIpc) is 3.35. The van der Waals surface area contributed by atoms with E-state index in [1.807, 2.05) is 24.3 Å². The van der Waals surface area contributed by atoms with E-state index >= 15 is 0 Å². The molecule has 0 saturated carbocycles. The Hall–Kier alpha value is -4.12. The second-order valence-corrected chi connectivity index (χ2v) is 8.29. The van der Waals surface area contributed by atoms with Gasteiger partial charge in [-0.25, -0.2) is 10.2 Å². The third-order valence-electron chi connectivity index (χ3n) is 5.77. The van der Waals surface area contributed by atoms with E-state index in [4.69, 9.17) is 16.1 Å². The summed E-state index contributed by atoms with van der Waals surface area (Å²) < 4.78 is 20.0. The molecule has 1 fully saturated rings. The summed E-state index contributed by atoms with van der Waals surface area (Å²) in [6, 6.07) is 17.3. The maximum atomic E-state index is 14.5. The molecule has 0 radical (unpaired) electrons. The smallest absolute Gasteiger partial charge is 0.276 e. The predicted octanol–water partition coefficient (Wildman–Crippen LogP) is 2.61. The van der Waals surface area contributed by atoms with Crippen molar-refractivity contribution in [3.05, 3.63) is 95.9 Å². The number of nitrogens with two attached hydrogens (primary N) is 2. The fourth-order valence-electron chi connectivity index (χ4n) is 3.94. The molecule has 0 bridgehead atoms. The van der Waals surface area contributed by atoms with Gasteiger partial charge in [0, 0.05) is 43.2 Å². The van der Waals surface area contributed by atoms with Crippen LogP contribution >= 0.6 is 0 Å². The Labute approximate surface area is 201 Å². The van der Waals surface area contributed by atoms with E-state index in [0.717, 1.165) is 22.7 Å². The molecule has 5 N–H and O–H groups in total. The van der Waals surface area contributed by atoms with E-state index in [0.29, 0.717) is 30.2 Å². The molecular formula is C25H24FN7O2. The lowest BCUT2D eigenvalue weighted by atomic mass is 10.1. The van der Waals surface area contributed by atoms with Crippen molar-refractivity contribution in [2.45, 2.75) is 12.6 Å². The highest BCUT2D eigenvalue weighted by molar-refractivity contribution is 5.93. The minimum Gasteiger partial charge on any atom is -0.392 e. The van der Waals surface area contributed by atoms with Crippen LogP contribution < -0.4 is 16.6 Å². The van der Waals surface area contributed by atoms with Crippen LogP contribution in [0.3, 0.4) is 0 Å². The van der Waals surface area contributed by atoms with Crippen LogP contribution in [-0.4, -0.2) is 44.3 Å². The minimum atomic E-state index is -0.506. The average molecular weight is 474 g/mol. The Balaban J connectivity index is 1.45. The van der Waals surface area contributed by atoms with Gasteiger partial charge in [-0.3, -0.25) is 14.9 Å². The Morgan fingerprint density at radius 1 is 1.09 bits per heavy atom. The van der Waals surface area contributed by atoms with Gasteiger partial charge in [0.25, 0.3) is 5.89 Å². The second kappa shape index (κ2) is 9.63. The summed E-state index contributed by atoms with van der Waals surface area (Å²) in [5.74, 6) is 6.24. The SMILES string of the molecule is N/C(=C(/c1ccncc1)N(N)c1ccccc1F)c1nc(-c2ccc(CN3CC(O)C3)cc2)no1. The van der Waals surface area contributed by atoms with Gasteiger partial charge in [0.05, 0.1) is 17.5 Å². The largest absolute Gasteiger partial charge is 0.392 e. The van der Waals surface area contributed by atoms with E-state index in [1.165, 1.54) is 6.07 Å². The van der Waals surface area contributed by atoms with Crippen molar-refractivity contribution < 1.29 is 14.0 Å². The number of likely N-dealkylation sites (tertiary alicyclic amines) is 1. The molecular weight excluding hydrogens is 449 g/mol. The lowest BCUT2D eigenvalue weighted by Crippen LogP contribution is -2.49. The summed E-state index contributed by atoms with van der Waals surface area (Å²) in [6.07, 6.45) is 2.93. The van der Waals surface area contributed by atoms with Gasteiger partial charge in [0.2, 0.25) is 5.82 Å².